The minimum absolute atomic E-state index is 0.200. The van der Waals surface area contributed by atoms with Gasteiger partial charge in [-0.3, -0.25) is 14.5 Å². The zero-order valence-corrected chi connectivity index (χ0v) is 16.6. The highest BCUT2D eigenvalue weighted by atomic mass is 16.3. The number of nitrogens with one attached hydrogen (secondary N) is 1. The third kappa shape index (κ3) is 4.25. The Labute approximate surface area is 166 Å². The fraction of sp³-hybridized carbons (Fsp3) is 0.391. The van der Waals surface area contributed by atoms with Crippen molar-refractivity contribution in [3.05, 3.63) is 65.2 Å². The number of hydrogen-bond acceptors (Lipinski definition) is 4. The second-order valence-electron chi connectivity index (χ2n) is 7.40. The monoisotopic (exact) mass is 380 g/mol. The van der Waals surface area contributed by atoms with Crippen LogP contribution < -0.4 is 5.32 Å². The van der Waals surface area contributed by atoms with Crippen molar-refractivity contribution in [2.45, 2.75) is 45.1 Å². The van der Waals surface area contributed by atoms with Gasteiger partial charge < -0.3 is 10.4 Å². The van der Waals surface area contributed by atoms with Crippen molar-refractivity contribution in [1.29, 1.82) is 0 Å². The normalized spacial score (nSPS) is 13.8. The molecular formula is C23H28N2O3. The van der Waals surface area contributed by atoms with Gasteiger partial charge >= 0.3 is 0 Å². The molecule has 0 aliphatic carbocycles. The number of benzene rings is 2. The Kier molecular flexibility index (Phi) is 6.15. The summed E-state index contributed by atoms with van der Waals surface area (Å²) in [5.74, 6) is -0.399. The highest BCUT2D eigenvalue weighted by Gasteiger charge is 2.34. The van der Waals surface area contributed by atoms with Gasteiger partial charge in [0, 0.05) is 18.8 Å². The quantitative estimate of drug-likeness (QED) is 0.648. The molecular weight excluding hydrogens is 352 g/mol. The highest BCUT2D eigenvalue weighted by molar-refractivity contribution is 6.21. The van der Waals surface area contributed by atoms with Crippen molar-refractivity contribution >= 4 is 17.5 Å². The van der Waals surface area contributed by atoms with Crippen LogP contribution >= 0.6 is 0 Å². The maximum atomic E-state index is 12.4. The molecule has 0 unspecified atom stereocenters. The van der Waals surface area contributed by atoms with Crippen molar-refractivity contribution in [2.24, 2.45) is 0 Å². The number of amides is 2. The molecule has 5 heteroatoms. The van der Waals surface area contributed by atoms with E-state index in [0.29, 0.717) is 43.5 Å². The zero-order chi connectivity index (χ0) is 20.1. The van der Waals surface area contributed by atoms with Gasteiger partial charge in [0.25, 0.3) is 11.8 Å². The smallest absolute Gasteiger partial charge is 0.261 e. The second kappa shape index (κ2) is 8.57. The fourth-order valence-electron chi connectivity index (χ4n) is 3.49. The molecule has 1 heterocycles. The Morgan fingerprint density at radius 2 is 1.61 bits per heavy atom. The first kappa shape index (κ1) is 20.1. The van der Waals surface area contributed by atoms with Crippen molar-refractivity contribution < 1.29 is 14.7 Å². The van der Waals surface area contributed by atoms with Crippen LogP contribution in [0.3, 0.4) is 0 Å². The van der Waals surface area contributed by atoms with Gasteiger partial charge in [0.2, 0.25) is 0 Å². The van der Waals surface area contributed by atoms with E-state index in [-0.39, 0.29) is 11.8 Å². The van der Waals surface area contributed by atoms with E-state index >= 15 is 0 Å². The van der Waals surface area contributed by atoms with Gasteiger partial charge in [0.15, 0.2) is 0 Å². The molecule has 2 N–H and O–H groups in total. The molecule has 5 nitrogen and oxygen atoms in total. The molecule has 28 heavy (non-hydrogen) atoms. The fourth-order valence-corrected chi connectivity index (χ4v) is 3.49. The topological polar surface area (TPSA) is 69.6 Å². The largest absolute Gasteiger partial charge is 0.388 e. The molecule has 0 fully saturated rings. The standard InChI is InChI=1S/C23H28N2O3/c1-3-23(28,4-2)16-24-18-11-7-9-17(15-18)10-8-14-25-21(26)19-12-5-6-13-20(19)22(25)27/h5-7,9,11-13,15,24,28H,3-4,8,10,14,16H2,1-2H3. The molecule has 1 aliphatic rings. The number of carbonyl (C=O) groups excluding carboxylic acids is 2. The van der Waals surface area contributed by atoms with Crippen LogP contribution in [0.5, 0.6) is 0 Å². The molecule has 0 radical (unpaired) electrons. The number of rotatable bonds is 9. The number of hydrogen-bond donors (Lipinski definition) is 2. The molecule has 2 amide bonds. The number of imide groups is 1. The Morgan fingerprint density at radius 3 is 2.21 bits per heavy atom. The molecule has 0 atom stereocenters. The van der Waals surface area contributed by atoms with Crippen LogP contribution in [0.25, 0.3) is 0 Å². The van der Waals surface area contributed by atoms with Crippen molar-refractivity contribution in [2.75, 3.05) is 18.4 Å². The van der Waals surface area contributed by atoms with Gasteiger partial charge in [0.1, 0.15) is 0 Å². The summed E-state index contributed by atoms with van der Waals surface area (Å²) < 4.78 is 0. The number of anilines is 1. The molecule has 0 saturated carbocycles. The lowest BCUT2D eigenvalue weighted by molar-refractivity contribution is 0.0457. The van der Waals surface area contributed by atoms with Crippen molar-refractivity contribution in [3.8, 4) is 0 Å². The predicted molar refractivity (Wildman–Crippen MR) is 111 cm³/mol. The van der Waals surface area contributed by atoms with Crippen LogP contribution in [0.1, 0.15) is 59.4 Å². The van der Waals surface area contributed by atoms with Gasteiger partial charge in [-0.05, 0) is 55.5 Å². The average molecular weight is 380 g/mol. The first-order chi connectivity index (χ1) is 13.5. The van der Waals surface area contributed by atoms with Gasteiger partial charge in [0.05, 0.1) is 16.7 Å². The summed E-state index contributed by atoms with van der Waals surface area (Å²) in [4.78, 5) is 26.2. The van der Waals surface area contributed by atoms with E-state index in [2.05, 4.69) is 11.4 Å². The molecule has 3 rings (SSSR count). The van der Waals surface area contributed by atoms with Gasteiger partial charge in [-0.1, -0.05) is 38.1 Å². The van der Waals surface area contributed by atoms with Crippen LogP contribution in [0.4, 0.5) is 5.69 Å². The third-order valence-corrected chi connectivity index (χ3v) is 5.59. The molecule has 0 spiro atoms. The summed E-state index contributed by atoms with van der Waals surface area (Å²) in [5.41, 5.74) is 2.41. The summed E-state index contributed by atoms with van der Waals surface area (Å²) in [6.07, 6.45) is 2.89. The van der Waals surface area contributed by atoms with Crippen molar-refractivity contribution in [1.82, 2.24) is 4.90 Å². The molecule has 0 saturated heterocycles. The maximum Gasteiger partial charge on any atom is 0.261 e. The Hall–Kier alpha value is -2.66. The lowest BCUT2D eigenvalue weighted by Gasteiger charge is -2.26. The number of carbonyl (C=O) groups is 2. The first-order valence-electron chi connectivity index (χ1n) is 9.98. The number of nitrogens with zero attached hydrogens (tertiary/aromatic N) is 1. The van der Waals surface area contributed by atoms with Crippen LogP contribution in [0, 0.1) is 0 Å². The maximum absolute atomic E-state index is 12.4. The summed E-state index contributed by atoms with van der Waals surface area (Å²) in [5, 5.41) is 13.7. The summed E-state index contributed by atoms with van der Waals surface area (Å²) in [6.45, 7) is 4.90. The van der Waals surface area contributed by atoms with E-state index in [9.17, 15) is 14.7 Å². The number of aliphatic hydroxyl groups is 1. The van der Waals surface area contributed by atoms with E-state index in [1.807, 2.05) is 32.0 Å². The minimum Gasteiger partial charge on any atom is -0.388 e. The van der Waals surface area contributed by atoms with Crippen LogP contribution in [0.2, 0.25) is 0 Å². The third-order valence-electron chi connectivity index (χ3n) is 5.59. The van der Waals surface area contributed by atoms with Crippen molar-refractivity contribution in [3.63, 3.8) is 0 Å². The van der Waals surface area contributed by atoms with E-state index in [1.165, 1.54) is 4.90 Å². The van der Waals surface area contributed by atoms with Crippen LogP contribution in [-0.2, 0) is 6.42 Å². The summed E-state index contributed by atoms with van der Waals surface area (Å²) in [6, 6.07) is 15.1. The van der Waals surface area contributed by atoms with Crippen LogP contribution in [-0.4, -0.2) is 40.5 Å². The SMILES string of the molecule is CCC(O)(CC)CNc1cccc(CCCN2C(=O)c3ccccc3C2=O)c1. The van der Waals surface area contributed by atoms with E-state index in [1.54, 1.807) is 24.3 Å². The first-order valence-corrected chi connectivity index (χ1v) is 9.98. The minimum atomic E-state index is -0.693. The average Bonchev–Trinajstić information content (AvgIpc) is 2.97. The number of aryl methyl sites for hydroxylation is 1. The van der Waals surface area contributed by atoms with Gasteiger partial charge in [-0.25, -0.2) is 0 Å². The number of fused-ring (bicyclic) bond motifs is 1. The van der Waals surface area contributed by atoms with Crippen LogP contribution in [0.15, 0.2) is 48.5 Å². The highest BCUT2D eigenvalue weighted by Crippen LogP contribution is 2.23. The lowest BCUT2D eigenvalue weighted by atomic mass is 9.97. The van der Waals surface area contributed by atoms with E-state index in [0.717, 1.165) is 17.7 Å². The molecule has 2 aromatic rings. The van der Waals surface area contributed by atoms with Gasteiger partial charge in [-0.15, -0.1) is 0 Å². The molecule has 2 aromatic carbocycles. The van der Waals surface area contributed by atoms with E-state index < -0.39 is 5.60 Å². The van der Waals surface area contributed by atoms with E-state index in [4.69, 9.17) is 0 Å². The summed E-state index contributed by atoms with van der Waals surface area (Å²) in [7, 11) is 0. The Bertz CT molecular complexity index is 823. The predicted octanol–water partition coefficient (Wildman–Crippen LogP) is 3.88. The molecule has 0 bridgehead atoms. The second-order valence-corrected chi connectivity index (χ2v) is 7.40. The summed E-state index contributed by atoms with van der Waals surface area (Å²) >= 11 is 0. The molecule has 148 valence electrons. The zero-order valence-electron chi connectivity index (χ0n) is 16.6. The molecule has 0 aromatic heterocycles. The Morgan fingerprint density at radius 1 is 0.964 bits per heavy atom. The van der Waals surface area contributed by atoms with Gasteiger partial charge in [-0.2, -0.15) is 0 Å². The Balaban J connectivity index is 1.55. The molecule has 1 aliphatic heterocycles. The lowest BCUT2D eigenvalue weighted by Crippen LogP contribution is -2.35.